The maximum atomic E-state index is 13.0. The summed E-state index contributed by atoms with van der Waals surface area (Å²) < 4.78 is 21.0. The van der Waals surface area contributed by atoms with Crippen LogP contribution in [0.1, 0.15) is 11.1 Å². The molecule has 0 aliphatic heterocycles. The van der Waals surface area contributed by atoms with Crippen LogP contribution in [0.4, 0.5) is 10.1 Å². The Morgan fingerprint density at radius 3 is 2.23 bits per heavy atom. The van der Waals surface area contributed by atoms with Crippen LogP contribution in [0.15, 0.2) is 79.7 Å². The summed E-state index contributed by atoms with van der Waals surface area (Å²) in [6.45, 7) is 0.256. The van der Waals surface area contributed by atoms with Crippen molar-refractivity contribution in [2.75, 3.05) is 5.32 Å². The van der Waals surface area contributed by atoms with Gasteiger partial charge in [-0.25, -0.2) is 4.39 Å². The van der Waals surface area contributed by atoms with Crippen molar-refractivity contribution in [2.45, 2.75) is 6.61 Å². The van der Waals surface area contributed by atoms with Gasteiger partial charge in [0.2, 0.25) is 0 Å². The molecule has 0 saturated carbocycles. The minimum atomic E-state index is -0.506. The highest BCUT2D eigenvalue weighted by Gasteiger charge is 2.13. The van der Waals surface area contributed by atoms with Crippen molar-refractivity contribution in [3.63, 3.8) is 0 Å². The van der Waals surface area contributed by atoms with Crippen LogP contribution in [0, 0.1) is 17.1 Å². The number of rotatable bonds is 6. The first-order chi connectivity index (χ1) is 14.9. The SMILES string of the molecule is N#C/C(=C/c1cc(Br)c(OCc2ccc(F)cc2)c(Br)c1)C(=O)Nc1ccc(Br)cc1. The summed E-state index contributed by atoms with van der Waals surface area (Å²) in [5.74, 6) is -0.257. The van der Waals surface area contributed by atoms with Crippen LogP contribution in [-0.4, -0.2) is 5.91 Å². The van der Waals surface area contributed by atoms with Crippen molar-refractivity contribution >= 4 is 65.5 Å². The van der Waals surface area contributed by atoms with Crippen LogP contribution in [0.5, 0.6) is 5.75 Å². The highest BCUT2D eigenvalue weighted by Crippen LogP contribution is 2.36. The molecule has 8 heteroatoms. The molecular formula is C23H14Br3FN2O2. The number of benzene rings is 3. The Balaban J connectivity index is 1.76. The molecule has 156 valence electrons. The highest BCUT2D eigenvalue weighted by atomic mass is 79.9. The van der Waals surface area contributed by atoms with E-state index in [0.717, 1.165) is 10.0 Å². The van der Waals surface area contributed by atoms with Gasteiger partial charge in [-0.3, -0.25) is 4.79 Å². The van der Waals surface area contributed by atoms with Gasteiger partial charge in [0, 0.05) is 10.2 Å². The molecule has 0 fully saturated rings. The van der Waals surface area contributed by atoms with Gasteiger partial charge in [-0.05, 0) is 97.6 Å². The quantitative estimate of drug-likeness (QED) is 0.237. The van der Waals surface area contributed by atoms with Gasteiger partial charge in [0.05, 0.1) is 8.95 Å². The van der Waals surface area contributed by atoms with Crippen molar-refractivity contribution in [1.29, 1.82) is 5.26 Å². The average Bonchev–Trinajstić information content (AvgIpc) is 2.74. The number of hydrogen-bond donors (Lipinski definition) is 1. The first-order valence-corrected chi connectivity index (χ1v) is 11.3. The zero-order valence-electron chi connectivity index (χ0n) is 15.8. The second kappa shape index (κ2) is 10.7. The molecule has 0 atom stereocenters. The van der Waals surface area contributed by atoms with E-state index in [1.165, 1.54) is 18.2 Å². The number of amides is 1. The van der Waals surface area contributed by atoms with E-state index in [2.05, 4.69) is 53.1 Å². The van der Waals surface area contributed by atoms with Gasteiger partial charge in [-0.1, -0.05) is 28.1 Å². The second-order valence-electron chi connectivity index (χ2n) is 6.36. The molecule has 0 spiro atoms. The van der Waals surface area contributed by atoms with Crippen molar-refractivity contribution in [2.24, 2.45) is 0 Å². The molecular weight excluding hydrogens is 595 g/mol. The van der Waals surface area contributed by atoms with Crippen LogP contribution in [0.3, 0.4) is 0 Å². The Morgan fingerprint density at radius 2 is 1.65 bits per heavy atom. The van der Waals surface area contributed by atoms with Crippen LogP contribution < -0.4 is 10.1 Å². The molecule has 0 aromatic heterocycles. The van der Waals surface area contributed by atoms with Gasteiger partial charge in [0.15, 0.2) is 0 Å². The summed E-state index contributed by atoms with van der Waals surface area (Å²) in [4.78, 5) is 12.5. The van der Waals surface area contributed by atoms with Crippen LogP contribution >= 0.6 is 47.8 Å². The summed E-state index contributed by atoms with van der Waals surface area (Å²) >= 11 is 10.3. The fraction of sp³-hybridized carbons (Fsp3) is 0.0435. The summed E-state index contributed by atoms with van der Waals surface area (Å²) in [5.41, 5.74) is 2.00. The minimum absolute atomic E-state index is 0.0401. The van der Waals surface area contributed by atoms with Gasteiger partial charge < -0.3 is 10.1 Å². The van der Waals surface area contributed by atoms with Crippen LogP contribution in [0.25, 0.3) is 6.08 Å². The molecule has 4 nitrogen and oxygen atoms in total. The lowest BCUT2D eigenvalue weighted by Gasteiger charge is -2.12. The molecule has 0 unspecified atom stereocenters. The predicted molar refractivity (Wildman–Crippen MR) is 129 cm³/mol. The topological polar surface area (TPSA) is 62.1 Å². The number of carbonyl (C=O) groups is 1. The first-order valence-electron chi connectivity index (χ1n) is 8.90. The lowest BCUT2D eigenvalue weighted by Crippen LogP contribution is -2.13. The average molecular weight is 609 g/mol. The monoisotopic (exact) mass is 606 g/mol. The molecule has 31 heavy (non-hydrogen) atoms. The third kappa shape index (κ3) is 6.50. The van der Waals surface area contributed by atoms with E-state index in [1.54, 1.807) is 48.5 Å². The maximum absolute atomic E-state index is 13.0. The van der Waals surface area contributed by atoms with E-state index >= 15 is 0 Å². The molecule has 1 N–H and O–H groups in total. The first kappa shape index (κ1) is 23.2. The zero-order valence-corrected chi connectivity index (χ0v) is 20.6. The van der Waals surface area contributed by atoms with E-state index in [4.69, 9.17) is 4.74 Å². The highest BCUT2D eigenvalue weighted by molar-refractivity contribution is 9.11. The lowest BCUT2D eigenvalue weighted by atomic mass is 10.1. The van der Waals surface area contributed by atoms with Crippen molar-refractivity contribution in [3.05, 3.63) is 96.6 Å². The molecule has 3 aromatic rings. The predicted octanol–water partition coefficient (Wildman–Crippen LogP) is 7.24. The standard InChI is InChI=1S/C23H14Br3FN2O2/c24-17-3-7-19(8-4-17)29-23(30)16(12-28)9-15-10-20(25)22(21(26)11-15)31-13-14-1-5-18(27)6-2-14/h1-11H,13H2,(H,29,30)/b16-9-. The smallest absolute Gasteiger partial charge is 0.266 e. The Morgan fingerprint density at radius 1 is 1.03 bits per heavy atom. The van der Waals surface area contributed by atoms with Crippen molar-refractivity contribution < 1.29 is 13.9 Å². The van der Waals surface area contributed by atoms with Gasteiger partial charge in [-0.2, -0.15) is 5.26 Å². The molecule has 3 rings (SSSR count). The summed E-state index contributed by atoms with van der Waals surface area (Å²) in [6.07, 6.45) is 1.49. The van der Waals surface area contributed by atoms with Gasteiger partial charge in [-0.15, -0.1) is 0 Å². The van der Waals surface area contributed by atoms with Crippen molar-refractivity contribution in [1.82, 2.24) is 0 Å². The summed E-state index contributed by atoms with van der Waals surface area (Å²) in [6, 6.07) is 18.5. The molecule has 0 bridgehead atoms. The number of carbonyl (C=O) groups excluding carboxylic acids is 1. The Labute approximate surface area is 204 Å². The molecule has 0 heterocycles. The van der Waals surface area contributed by atoms with E-state index in [9.17, 15) is 14.4 Å². The Kier molecular flexibility index (Phi) is 8.02. The number of anilines is 1. The van der Waals surface area contributed by atoms with E-state index in [0.29, 0.717) is 25.9 Å². The lowest BCUT2D eigenvalue weighted by molar-refractivity contribution is -0.112. The fourth-order valence-electron chi connectivity index (χ4n) is 2.58. The number of nitrogens with zero attached hydrogens (tertiary/aromatic N) is 1. The number of hydrogen-bond acceptors (Lipinski definition) is 3. The third-order valence-corrected chi connectivity index (χ3v) is 5.80. The largest absolute Gasteiger partial charge is 0.487 e. The van der Waals surface area contributed by atoms with Crippen molar-refractivity contribution in [3.8, 4) is 11.8 Å². The number of nitrogens with one attached hydrogen (secondary N) is 1. The Bertz CT molecular complexity index is 1150. The molecule has 1 amide bonds. The zero-order chi connectivity index (χ0) is 22.4. The normalized spacial score (nSPS) is 11.0. The summed E-state index contributed by atoms with van der Waals surface area (Å²) in [7, 11) is 0. The number of halogens is 4. The number of ether oxygens (including phenoxy) is 1. The second-order valence-corrected chi connectivity index (χ2v) is 8.98. The molecule has 0 saturated heterocycles. The fourth-order valence-corrected chi connectivity index (χ4v) is 4.30. The van der Waals surface area contributed by atoms with E-state index < -0.39 is 5.91 Å². The molecule has 0 aliphatic rings. The molecule has 3 aromatic carbocycles. The molecule has 0 aliphatic carbocycles. The Hall–Kier alpha value is -2.47. The van der Waals surface area contributed by atoms with Gasteiger partial charge in [0.25, 0.3) is 5.91 Å². The third-order valence-electron chi connectivity index (χ3n) is 4.10. The summed E-state index contributed by atoms with van der Waals surface area (Å²) in [5, 5.41) is 12.1. The van der Waals surface area contributed by atoms with Crippen LogP contribution in [0.2, 0.25) is 0 Å². The number of nitriles is 1. The van der Waals surface area contributed by atoms with Crippen LogP contribution in [-0.2, 0) is 11.4 Å². The van der Waals surface area contributed by atoms with Gasteiger partial charge in [0.1, 0.15) is 29.8 Å². The maximum Gasteiger partial charge on any atom is 0.266 e. The van der Waals surface area contributed by atoms with E-state index in [-0.39, 0.29) is 18.0 Å². The minimum Gasteiger partial charge on any atom is -0.487 e. The molecule has 0 radical (unpaired) electrons. The van der Waals surface area contributed by atoms with E-state index in [1.807, 2.05) is 6.07 Å². The van der Waals surface area contributed by atoms with Gasteiger partial charge >= 0.3 is 0 Å².